The van der Waals surface area contributed by atoms with Crippen LogP contribution >= 0.6 is 0 Å². The van der Waals surface area contributed by atoms with Gasteiger partial charge in [-0.25, -0.2) is 4.90 Å². The normalized spacial score (nSPS) is 13.7. The number of aryl methyl sites for hydroxylation is 2. The van der Waals surface area contributed by atoms with Gasteiger partial charge in [0.15, 0.2) is 0 Å². The molecule has 3 amide bonds. The minimum Gasteiger partial charge on any atom is -0.333 e. The maximum absolute atomic E-state index is 12.8. The Morgan fingerprint density at radius 1 is 1.00 bits per heavy atom. The fourth-order valence-corrected chi connectivity index (χ4v) is 3.11. The molecule has 0 unspecified atom stereocenters. The van der Waals surface area contributed by atoms with Crippen LogP contribution in [-0.4, -0.2) is 42.4 Å². The van der Waals surface area contributed by atoms with Gasteiger partial charge in [0.05, 0.1) is 16.8 Å². The number of carbonyl (C=O) groups excluding carboxylic acids is 3. The van der Waals surface area contributed by atoms with Gasteiger partial charge in [-0.2, -0.15) is 13.2 Å². The average molecular weight is 390 g/mol. The Morgan fingerprint density at radius 2 is 1.64 bits per heavy atom. The number of amides is 3. The molecule has 0 saturated carbocycles. The molecule has 0 N–H and O–H groups in total. The highest BCUT2D eigenvalue weighted by Crippen LogP contribution is 2.32. The van der Waals surface area contributed by atoms with E-state index >= 15 is 0 Å². The van der Waals surface area contributed by atoms with Crippen molar-refractivity contribution in [1.29, 1.82) is 0 Å². The number of anilines is 1. The van der Waals surface area contributed by atoms with Crippen LogP contribution in [0.4, 0.5) is 18.9 Å². The summed E-state index contributed by atoms with van der Waals surface area (Å²) in [5.41, 5.74) is 2.05. The van der Waals surface area contributed by atoms with Gasteiger partial charge in [-0.1, -0.05) is 12.1 Å². The van der Waals surface area contributed by atoms with Crippen LogP contribution in [0.5, 0.6) is 0 Å². The highest BCUT2D eigenvalue weighted by atomic mass is 19.4. The van der Waals surface area contributed by atoms with Gasteiger partial charge in [0, 0.05) is 12.6 Å². The number of nitrogens with zero attached hydrogens (tertiary/aromatic N) is 2. The molecule has 0 spiro atoms. The molecular formula is C20H17F3N2O3. The minimum absolute atomic E-state index is 0.00263. The number of benzene rings is 2. The lowest BCUT2D eigenvalue weighted by molar-refractivity contribution is -0.138. The van der Waals surface area contributed by atoms with E-state index in [0.29, 0.717) is 10.6 Å². The van der Waals surface area contributed by atoms with Crippen molar-refractivity contribution in [1.82, 2.24) is 4.90 Å². The molecule has 2 aromatic rings. The van der Waals surface area contributed by atoms with E-state index in [1.807, 2.05) is 13.0 Å². The molecule has 8 heteroatoms. The summed E-state index contributed by atoms with van der Waals surface area (Å²) >= 11 is 0. The number of alkyl halides is 3. The fourth-order valence-electron chi connectivity index (χ4n) is 3.11. The first-order chi connectivity index (χ1) is 13.0. The molecule has 1 heterocycles. The Kier molecular flexibility index (Phi) is 4.74. The summed E-state index contributed by atoms with van der Waals surface area (Å²) in [6.07, 6.45) is -4.54. The standard InChI is InChI=1S/C20H17F3N2O3/c1-11-4-5-12(2)16(8-11)25-18(27)14-7-6-13(9-15(14)19(25)28)17(26)24(3)10-20(21,22)23/h4-9H,10H2,1-3H3. The SMILES string of the molecule is Cc1ccc(C)c(N2C(=O)c3ccc(C(=O)N(C)CC(F)(F)F)cc3C2=O)c1. The lowest BCUT2D eigenvalue weighted by Crippen LogP contribution is -2.35. The molecule has 5 nitrogen and oxygen atoms in total. The van der Waals surface area contributed by atoms with E-state index < -0.39 is 30.4 Å². The van der Waals surface area contributed by atoms with Crippen molar-refractivity contribution in [3.05, 3.63) is 64.2 Å². The Bertz CT molecular complexity index is 999. The van der Waals surface area contributed by atoms with Crippen LogP contribution in [-0.2, 0) is 0 Å². The van der Waals surface area contributed by atoms with E-state index in [0.717, 1.165) is 23.1 Å². The Labute approximate surface area is 159 Å². The van der Waals surface area contributed by atoms with Crippen molar-refractivity contribution in [2.75, 3.05) is 18.5 Å². The second-order valence-corrected chi connectivity index (χ2v) is 6.77. The van der Waals surface area contributed by atoms with Crippen LogP contribution in [0.25, 0.3) is 0 Å². The number of imide groups is 1. The van der Waals surface area contributed by atoms with E-state index in [9.17, 15) is 27.6 Å². The third-order valence-electron chi connectivity index (χ3n) is 4.50. The number of rotatable bonds is 3. The second kappa shape index (κ2) is 6.78. The first kappa shape index (κ1) is 19.6. The van der Waals surface area contributed by atoms with Crippen LogP contribution in [0.2, 0.25) is 0 Å². The number of fused-ring (bicyclic) bond motifs is 1. The first-order valence-corrected chi connectivity index (χ1v) is 8.42. The Balaban J connectivity index is 1.96. The van der Waals surface area contributed by atoms with Crippen LogP contribution in [0.15, 0.2) is 36.4 Å². The molecule has 28 heavy (non-hydrogen) atoms. The van der Waals surface area contributed by atoms with Gasteiger partial charge in [0.1, 0.15) is 6.54 Å². The Hall–Kier alpha value is -3.16. The van der Waals surface area contributed by atoms with Crippen LogP contribution < -0.4 is 4.90 Å². The van der Waals surface area contributed by atoms with Crippen LogP contribution in [0.1, 0.15) is 42.2 Å². The highest BCUT2D eigenvalue weighted by molar-refractivity contribution is 6.35. The molecule has 0 atom stereocenters. The topological polar surface area (TPSA) is 57.7 Å². The lowest BCUT2D eigenvalue weighted by atomic mass is 10.0. The average Bonchev–Trinajstić information content (AvgIpc) is 2.85. The van der Waals surface area contributed by atoms with Crippen molar-refractivity contribution in [2.24, 2.45) is 0 Å². The van der Waals surface area contributed by atoms with Gasteiger partial charge < -0.3 is 4.90 Å². The van der Waals surface area contributed by atoms with Gasteiger partial charge in [0.25, 0.3) is 17.7 Å². The molecule has 0 fully saturated rings. The zero-order valence-corrected chi connectivity index (χ0v) is 15.4. The third-order valence-corrected chi connectivity index (χ3v) is 4.50. The van der Waals surface area contributed by atoms with E-state index in [4.69, 9.17) is 0 Å². The van der Waals surface area contributed by atoms with E-state index in [1.54, 1.807) is 19.1 Å². The second-order valence-electron chi connectivity index (χ2n) is 6.77. The summed E-state index contributed by atoms with van der Waals surface area (Å²) < 4.78 is 37.6. The van der Waals surface area contributed by atoms with Crippen molar-refractivity contribution < 1.29 is 27.6 Å². The molecule has 0 aromatic heterocycles. The van der Waals surface area contributed by atoms with E-state index in [-0.39, 0.29) is 16.7 Å². The Morgan fingerprint density at radius 3 is 2.29 bits per heavy atom. The molecule has 3 rings (SSSR count). The van der Waals surface area contributed by atoms with Crippen molar-refractivity contribution in [2.45, 2.75) is 20.0 Å². The largest absolute Gasteiger partial charge is 0.406 e. The molecule has 0 saturated heterocycles. The van der Waals surface area contributed by atoms with Gasteiger partial charge in [-0.05, 0) is 49.2 Å². The molecule has 1 aliphatic heterocycles. The maximum Gasteiger partial charge on any atom is 0.406 e. The molecule has 0 bridgehead atoms. The summed E-state index contributed by atoms with van der Waals surface area (Å²) in [4.78, 5) is 39.4. The molecule has 146 valence electrons. The maximum atomic E-state index is 12.8. The molecule has 0 radical (unpaired) electrons. The van der Waals surface area contributed by atoms with E-state index in [1.165, 1.54) is 18.2 Å². The highest BCUT2D eigenvalue weighted by Gasteiger charge is 2.38. The van der Waals surface area contributed by atoms with Gasteiger partial charge in [-0.3, -0.25) is 14.4 Å². The van der Waals surface area contributed by atoms with Crippen LogP contribution in [0.3, 0.4) is 0 Å². The van der Waals surface area contributed by atoms with Crippen molar-refractivity contribution in [3.63, 3.8) is 0 Å². The smallest absolute Gasteiger partial charge is 0.333 e. The summed E-state index contributed by atoms with van der Waals surface area (Å²) in [5.74, 6) is -2.02. The predicted molar refractivity (Wildman–Crippen MR) is 96.5 cm³/mol. The van der Waals surface area contributed by atoms with Crippen LogP contribution in [0, 0.1) is 13.8 Å². The quantitative estimate of drug-likeness (QED) is 0.751. The van der Waals surface area contributed by atoms with Crippen molar-refractivity contribution in [3.8, 4) is 0 Å². The number of hydrogen-bond acceptors (Lipinski definition) is 3. The molecule has 2 aromatic carbocycles. The summed E-state index contributed by atoms with van der Waals surface area (Å²) in [5, 5.41) is 0. The van der Waals surface area contributed by atoms with E-state index in [2.05, 4.69) is 0 Å². The minimum atomic E-state index is -4.54. The molecule has 1 aliphatic rings. The number of hydrogen-bond donors (Lipinski definition) is 0. The summed E-state index contributed by atoms with van der Waals surface area (Å²) in [6.45, 7) is 2.18. The van der Waals surface area contributed by atoms with Crippen molar-refractivity contribution >= 4 is 23.4 Å². The fraction of sp³-hybridized carbons (Fsp3) is 0.250. The zero-order chi connectivity index (χ0) is 20.8. The van der Waals surface area contributed by atoms with Gasteiger partial charge >= 0.3 is 6.18 Å². The predicted octanol–water partition coefficient (Wildman–Crippen LogP) is 3.74. The zero-order valence-electron chi connectivity index (χ0n) is 15.4. The van der Waals surface area contributed by atoms with Gasteiger partial charge in [0.2, 0.25) is 0 Å². The third kappa shape index (κ3) is 3.49. The number of halogens is 3. The monoisotopic (exact) mass is 390 g/mol. The van der Waals surface area contributed by atoms with Gasteiger partial charge in [-0.15, -0.1) is 0 Å². The molecular weight excluding hydrogens is 373 g/mol. The lowest BCUT2D eigenvalue weighted by Gasteiger charge is -2.19. The number of carbonyl (C=O) groups is 3. The summed E-state index contributed by atoms with van der Waals surface area (Å²) in [7, 11) is 1.03. The summed E-state index contributed by atoms with van der Waals surface area (Å²) in [6, 6.07) is 9.08. The first-order valence-electron chi connectivity index (χ1n) is 8.42. The molecule has 0 aliphatic carbocycles.